The summed E-state index contributed by atoms with van der Waals surface area (Å²) in [5.41, 5.74) is 0. The van der Waals surface area contributed by atoms with Crippen molar-refractivity contribution in [3.63, 3.8) is 0 Å². The Balaban J connectivity index is 3.09. The van der Waals surface area contributed by atoms with Crippen molar-refractivity contribution < 1.29 is 8.76 Å². The Labute approximate surface area is 93.2 Å². The first kappa shape index (κ1) is 14.4. The van der Waals surface area contributed by atoms with Gasteiger partial charge in [-0.1, -0.05) is 6.92 Å². The molecule has 0 saturated carbocycles. The molecule has 14 heavy (non-hydrogen) atoms. The average molecular weight is 236 g/mol. The highest BCUT2D eigenvalue weighted by Crippen LogP contribution is 2.32. The van der Waals surface area contributed by atoms with E-state index in [4.69, 9.17) is 3.97 Å². The fraction of sp³-hybridized carbons (Fsp3) is 0.900. The summed E-state index contributed by atoms with van der Waals surface area (Å²) in [6, 6.07) is 0. The van der Waals surface area contributed by atoms with Crippen LogP contribution in [0.4, 0.5) is 0 Å². The molecule has 0 aliphatic carbocycles. The van der Waals surface area contributed by atoms with Crippen molar-refractivity contribution in [2.75, 3.05) is 19.1 Å². The molecule has 0 spiro atoms. The lowest BCUT2D eigenvalue weighted by molar-refractivity contribution is -0.119. The van der Waals surface area contributed by atoms with E-state index in [9.17, 15) is 4.79 Å². The van der Waals surface area contributed by atoms with Crippen LogP contribution in [0.25, 0.3) is 0 Å². The van der Waals surface area contributed by atoms with Gasteiger partial charge >= 0.3 is 0 Å². The highest BCUT2D eigenvalue weighted by atomic mass is 32.2. The van der Waals surface area contributed by atoms with Gasteiger partial charge in [0.2, 0.25) is 0 Å². The first-order valence-corrected chi connectivity index (χ1v) is 8.22. The van der Waals surface area contributed by atoms with E-state index >= 15 is 0 Å². The molecule has 0 N–H and O–H groups in total. The average Bonchev–Trinajstić information content (AvgIpc) is 2.11. The zero-order chi connectivity index (χ0) is 10.8. The fourth-order valence-corrected chi connectivity index (χ4v) is 2.49. The van der Waals surface area contributed by atoms with E-state index in [2.05, 4.69) is 13.3 Å². The lowest BCUT2D eigenvalue weighted by atomic mass is 10.1. The second kappa shape index (κ2) is 9.95. The van der Waals surface area contributed by atoms with Crippen LogP contribution in [-0.2, 0) is 8.76 Å². The van der Waals surface area contributed by atoms with Crippen LogP contribution in [0.15, 0.2) is 0 Å². The number of hydrogen-bond donors (Lipinski definition) is 0. The highest BCUT2D eigenvalue weighted by molar-refractivity contribution is 7.98. The van der Waals surface area contributed by atoms with Gasteiger partial charge in [-0.05, 0) is 44.6 Å². The molecule has 2 nitrogen and oxygen atoms in total. The molecule has 4 heteroatoms. The van der Waals surface area contributed by atoms with Crippen molar-refractivity contribution in [1.29, 1.82) is 0 Å². The van der Waals surface area contributed by atoms with Crippen LogP contribution in [0.2, 0.25) is 0 Å². The minimum absolute atomic E-state index is 0.244. The lowest BCUT2D eigenvalue weighted by Gasteiger charge is -2.04. The van der Waals surface area contributed by atoms with Crippen LogP contribution in [0.1, 0.15) is 39.0 Å². The standard InChI is InChI=1S/C10H21O2PS/c1-4-7-10(11)8-5-6-9-14-12-13(2)3/h4-9H2,1-3H3. The van der Waals surface area contributed by atoms with E-state index in [0.717, 1.165) is 37.9 Å². The molecule has 0 rings (SSSR count). The van der Waals surface area contributed by atoms with Crippen LogP contribution in [0.5, 0.6) is 0 Å². The molecular formula is C10H21O2PS. The van der Waals surface area contributed by atoms with Crippen LogP contribution < -0.4 is 0 Å². The van der Waals surface area contributed by atoms with Gasteiger partial charge in [0.05, 0.1) is 0 Å². The first-order chi connectivity index (χ1) is 6.66. The summed E-state index contributed by atoms with van der Waals surface area (Å²) >= 11 is 1.54. The van der Waals surface area contributed by atoms with E-state index in [-0.39, 0.29) is 8.15 Å². The van der Waals surface area contributed by atoms with E-state index in [0.29, 0.717) is 5.78 Å². The Hall–Kier alpha value is 0.410. The van der Waals surface area contributed by atoms with Gasteiger partial charge in [-0.3, -0.25) is 8.76 Å². The Morgan fingerprint density at radius 3 is 2.57 bits per heavy atom. The number of ketones is 1. The topological polar surface area (TPSA) is 26.3 Å². The summed E-state index contributed by atoms with van der Waals surface area (Å²) in [5.74, 6) is 1.42. The van der Waals surface area contributed by atoms with Gasteiger partial charge in [-0.25, -0.2) is 0 Å². The number of Topliss-reactive ketones (excluding diaryl/α,β-unsaturated/α-hetero) is 1. The molecule has 0 saturated heterocycles. The number of rotatable bonds is 9. The summed E-state index contributed by atoms with van der Waals surface area (Å²) < 4.78 is 5.39. The maximum absolute atomic E-state index is 11.1. The Morgan fingerprint density at radius 2 is 2.00 bits per heavy atom. The lowest BCUT2D eigenvalue weighted by Crippen LogP contribution is -1.96. The molecule has 0 aromatic heterocycles. The van der Waals surface area contributed by atoms with Gasteiger partial charge in [-0.15, -0.1) is 0 Å². The molecule has 0 atom stereocenters. The van der Waals surface area contributed by atoms with Gasteiger partial charge < -0.3 is 0 Å². The van der Waals surface area contributed by atoms with Gasteiger partial charge in [0.1, 0.15) is 5.78 Å². The van der Waals surface area contributed by atoms with Crippen molar-refractivity contribution >= 4 is 26.0 Å². The van der Waals surface area contributed by atoms with Crippen LogP contribution in [-0.4, -0.2) is 24.9 Å². The number of carbonyl (C=O) groups is 1. The van der Waals surface area contributed by atoms with E-state index < -0.39 is 0 Å². The normalized spacial score (nSPS) is 10.9. The molecule has 0 aromatic rings. The van der Waals surface area contributed by atoms with Crippen LogP contribution in [0, 0.1) is 0 Å². The first-order valence-electron chi connectivity index (χ1n) is 5.15. The molecule has 0 amide bonds. The second-order valence-electron chi connectivity index (χ2n) is 3.45. The van der Waals surface area contributed by atoms with Gasteiger partial charge in [0.25, 0.3) is 0 Å². The molecular weight excluding hydrogens is 215 g/mol. The fourth-order valence-electron chi connectivity index (χ4n) is 1.03. The summed E-state index contributed by atoms with van der Waals surface area (Å²) in [7, 11) is -0.244. The van der Waals surface area contributed by atoms with Crippen molar-refractivity contribution in [1.82, 2.24) is 0 Å². The molecule has 0 aliphatic rings. The Kier molecular flexibility index (Phi) is 10.2. The number of hydrogen-bond acceptors (Lipinski definition) is 3. The van der Waals surface area contributed by atoms with E-state index in [1.54, 1.807) is 12.0 Å². The third kappa shape index (κ3) is 10.5. The van der Waals surface area contributed by atoms with E-state index in [1.165, 1.54) is 0 Å². The molecule has 0 radical (unpaired) electrons. The summed E-state index contributed by atoms with van der Waals surface area (Å²) in [6.07, 6.45) is 4.58. The Morgan fingerprint density at radius 1 is 1.29 bits per heavy atom. The molecule has 0 aliphatic heterocycles. The van der Waals surface area contributed by atoms with Crippen molar-refractivity contribution in [2.45, 2.75) is 39.0 Å². The Bertz CT molecular complexity index is 151. The van der Waals surface area contributed by atoms with Gasteiger partial charge in [-0.2, -0.15) is 0 Å². The van der Waals surface area contributed by atoms with Crippen molar-refractivity contribution in [2.24, 2.45) is 0 Å². The predicted octanol–water partition coefficient (Wildman–Crippen LogP) is 3.85. The van der Waals surface area contributed by atoms with E-state index in [1.807, 2.05) is 6.92 Å². The third-order valence-corrected chi connectivity index (χ3v) is 3.73. The molecule has 0 aromatic carbocycles. The van der Waals surface area contributed by atoms with Gasteiger partial charge in [0, 0.05) is 26.7 Å². The molecule has 0 heterocycles. The maximum atomic E-state index is 11.1. The molecule has 84 valence electrons. The smallest absolute Gasteiger partial charge is 0.132 e. The zero-order valence-electron chi connectivity index (χ0n) is 9.41. The summed E-state index contributed by atoms with van der Waals surface area (Å²) in [4.78, 5) is 11.1. The molecule has 0 unspecified atom stereocenters. The summed E-state index contributed by atoms with van der Waals surface area (Å²) in [6.45, 7) is 6.23. The number of unbranched alkanes of at least 4 members (excludes halogenated alkanes) is 1. The number of carbonyl (C=O) groups excluding carboxylic acids is 1. The minimum Gasteiger partial charge on any atom is -0.300 e. The molecule has 0 bridgehead atoms. The largest absolute Gasteiger partial charge is 0.300 e. The van der Waals surface area contributed by atoms with Gasteiger partial charge in [0.15, 0.2) is 0 Å². The molecule has 0 fully saturated rings. The summed E-state index contributed by atoms with van der Waals surface area (Å²) in [5, 5.41) is 0. The van der Waals surface area contributed by atoms with Crippen molar-refractivity contribution in [3.8, 4) is 0 Å². The quantitative estimate of drug-likeness (QED) is 0.345. The SMILES string of the molecule is CCCC(=O)CCCCSOP(C)C. The van der Waals surface area contributed by atoms with Crippen molar-refractivity contribution in [3.05, 3.63) is 0 Å². The predicted molar refractivity (Wildman–Crippen MR) is 66.1 cm³/mol. The van der Waals surface area contributed by atoms with Crippen LogP contribution in [0.3, 0.4) is 0 Å². The monoisotopic (exact) mass is 236 g/mol. The zero-order valence-corrected chi connectivity index (χ0v) is 11.1. The van der Waals surface area contributed by atoms with Crippen LogP contribution >= 0.6 is 20.2 Å². The minimum atomic E-state index is -0.244. The second-order valence-corrected chi connectivity index (χ2v) is 6.32. The third-order valence-electron chi connectivity index (χ3n) is 1.66. The highest BCUT2D eigenvalue weighted by Gasteiger charge is 2.00. The maximum Gasteiger partial charge on any atom is 0.132 e.